The second kappa shape index (κ2) is 9.91. The molecule has 0 unspecified atom stereocenters. The minimum absolute atomic E-state index is 0.0665. The summed E-state index contributed by atoms with van der Waals surface area (Å²) < 4.78 is 1.62. The number of hydrogen-bond donors (Lipinski definition) is 2. The molecular weight excluding hydrogens is 388 g/mol. The quantitative estimate of drug-likeness (QED) is 0.485. The van der Waals surface area contributed by atoms with Crippen molar-refractivity contribution in [3.05, 3.63) is 0 Å². The fraction of sp³-hybridized carbons (Fsp3) is 0.500. The Labute approximate surface area is 155 Å². The van der Waals surface area contributed by atoms with Gasteiger partial charge >= 0.3 is 0 Å². The summed E-state index contributed by atoms with van der Waals surface area (Å²) in [6, 6.07) is 0. The van der Waals surface area contributed by atoms with Crippen LogP contribution in [-0.2, 0) is 9.59 Å². The van der Waals surface area contributed by atoms with Crippen LogP contribution in [0.1, 0.15) is 26.7 Å². The largest absolute Gasteiger partial charge is 0.300 e. The van der Waals surface area contributed by atoms with Crippen molar-refractivity contribution in [3.8, 4) is 0 Å². The summed E-state index contributed by atoms with van der Waals surface area (Å²) in [6.07, 6.45) is 0.133. The molecule has 0 atom stereocenters. The predicted molar refractivity (Wildman–Crippen MR) is 99.1 cm³/mol. The zero-order valence-electron chi connectivity index (χ0n) is 13.1. The zero-order valence-corrected chi connectivity index (χ0v) is 16.3. The van der Waals surface area contributed by atoms with Gasteiger partial charge in [0.25, 0.3) is 0 Å². The van der Waals surface area contributed by atoms with E-state index >= 15 is 0 Å². The molecule has 0 bridgehead atoms. The Kier molecular flexibility index (Phi) is 7.88. The van der Waals surface area contributed by atoms with E-state index in [1.165, 1.54) is 22.7 Å². The lowest BCUT2D eigenvalue weighted by Gasteiger charge is -2.01. The van der Waals surface area contributed by atoms with Crippen molar-refractivity contribution in [1.29, 1.82) is 0 Å². The molecule has 2 heterocycles. The second-order valence-electron chi connectivity index (χ2n) is 4.21. The number of nitrogens with one attached hydrogen (secondary N) is 2. The predicted octanol–water partition coefficient (Wildman–Crippen LogP) is 2.97. The average Bonchev–Trinajstić information content (AvgIpc) is 3.16. The van der Waals surface area contributed by atoms with E-state index in [1.807, 2.05) is 13.8 Å². The standard InChI is InChI=1S/C12H16N6O2S4/c1-3-21-11-17-15-9(23-11)13-7(19)5-6-8(20)14-10-16-18-12(24-10)22-4-2/h3-6H2,1-2H3,(H,13,15,19)(H,14,16,20). The Morgan fingerprint density at radius 1 is 0.833 bits per heavy atom. The third-order valence-electron chi connectivity index (χ3n) is 2.42. The van der Waals surface area contributed by atoms with E-state index in [1.54, 1.807) is 23.5 Å². The molecule has 130 valence electrons. The summed E-state index contributed by atoms with van der Waals surface area (Å²) in [7, 11) is 0. The third kappa shape index (κ3) is 6.34. The maximum Gasteiger partial charge on any atom is 0.226 e. The van der Waals surface area contributed by atoms with Crippen molar-refractivity contribution >= 4 is 68.3 Å². The molecule has 0 aromatic carbocycles. The molecular formula is C12H16N6O2S4. The SMILES string of the molecule is CCSc1nnc(NC(=O)CCC(=O)Nc2nnc(SCC)s2)s1. The number of carbonyl (C=O) groups excluding carboxylic acids is 2. The number of hydrogen-bond acceptors (Lipinski definition) is 10. The molecule has 0 radical (unpaired) electrons. The normalized spacial score (nSPS) is 10.6. The highest BCUT2D eigenvalue weighted by atomic mass is 32.2. The van der Waals surface area contributed by atoms with Crippen LogP contribution in [-0.4, -0.2) is 43.7 Å². The van der Waals surface area contributed by atoms with Crippen LogP contribution < -0.4 is 10.6 Å². The van der Waals surface area contributed by atoms with Gasteiger partial charge in [-0.2, -0.15) is 0 Å². The van der Waals surface area contributed by atoms with Crippen LogP contribution in [0.4, 0.5) is 10.3 Å². The number of carbonyl (C=O) groups is 2. The zero-order chi connectivity index (χ0) is 17.4. The summed E-state index contributed by atoms with van der Waals surface area (Å²) >= 11 is 5.77. The molecule has 0 spiro atoms. The maximum atomic E-state index is 11.8. The van der Waals surface area contributed by atoms with E-state index in [0.717, 1.165) is 20.2 Å². The lowest BCUT2D eigenvalue weighted by Crippen LogP contribution is -2.17. The topological polar surface area (TPSA) is 110 Å². The van der Waals surface area contributed by atoms with Crippen LogP contribution >= 0.6 is 46.2 Å². The molecule has 8 nitrogen and oxygen atoms in total. The summed E-state index contributed by atoms with van der Waals surface area (Å²) in [4.78, 5) is 23.7. The van der Waals surface area contributed by atoms with Crippen molar-refractivity contribution in [2.24, 2.45) is 0 Å². The highest BCUT2D eigenvalue weighted by molar-refractivity contribution is 8.01. The second-order valence-corrected chi connectivity index (χ2v) is 9.19. The van der Waals surface area contributed by atoms with E-state index < -0.39 is 0 Å². The minimum Gasteiger partial charge on any atom is -0.300 e. The monoisotopic (exact) mass is 404 g/mol. The molecule has 0 aliphatic carbocycles. The molecule has 0 saturated heterocycles. The number of nitrogens with zero attached hydrogens (tertiary/aromatic N) is 4. The lowest BCUT2D eigenvalue weighted by atomic mass is 10.3. The molecule has 0 fully saturated rings. The number of thioether (sulfide) groups is 2. The van der Waals surface area contributed by atoms with Crippen LogP contribution in [0.15, 0.2) is 8.68 Å². The van der Waals surface area contributed by atoms with Crippen LogP contribution in [0.2, 0.25) is 0 Å². The molecule has 0 aliphatic heterocycles. The van der Waals surface area contributed by atoms with Crippen LogP contribution in [0, 0.1) is 0 Å². The molecule has 2 rings (SSSR count). The summed E-state index contributed by atoms with van der Waals surface area (Å²) in [5.41, 5.74) is 0. The van der Waals surface area contributed by atoms with Gasteiger partial charge in [0.2, 0.25) is 22.1 Å². The number of aromatic nitrogens is 4. The van der Waals surface area contributed by atoms with E-state index in [2.05, 4.69) is 31.0 Å². The first-order chi connectivity index (χ1) is 11.6. The molecule has 24 heavy (non-hydrogen) atoms. The molecule has 12 heteroatoms. The Balaban J connectivity index is 1.72. The molecule has 2 aromatic heterocycles. The Morgan fingerprint density at radius 2 is 1.25 bits per heavy atom. The molecule has 2 aromatic rings. The maximum absolute atomic E-state index is 11.8. The fourth-order valence-electron chi connectivity index (χ4n) is 1.47. The number of rotatable bonds is 9. The Morgan fingerprint density at radius 3 is 1.62 bits per heavy atom. The van der Waals surface area contributed by atoms with Crippen molar-refractivity contribution in [1.82, 2.24) is 20.4 Å². The summed E-state index contributed by atoms with van der Waals surface area (Å²) in [6.45, 7) is 4.04. The van der Waals surface area contributed by atoms with Crippen molar-refractivity contribution < 1.29 is 9.59 Å². The van der Waals surface area contributed by atoms with Crippen molar-refractivity contribution in [2.75, 3.05) is 22.1 Å². The van der Waals surface area contributed by atoms with Gasteiger partial charge in [0.15, 0.2) is 8.68 Å². The highest BCUT2D eigenvalue weighted by Crippen LogP contribution is 2.26. The van der Waals surface area contributed by atoms with E-state index in [4.69, 9.17) is 0 Å². The van der Waals surface area contributed by atoms with E-state index in [9.17, 15) is 9.59 Å². The lowest BCUT2D eigenvalue weighted by molar-refractivity contribution is -0.121. The Bertz CT molecular complexity index is 630. The fourth-order valence-corrected chi connectivity index (χ4v) is 4.81. The molecule has 0 aliphatic rings. The van der Waals surface area contributed by atoms with Gasteiger partial charge < -0.3 is 10.6 Å². The molecule has 2 amide bonds. The van der Waals surface area contributed by atoms with E-state index in [-0.39, 0.29) is 24.7 Å². The van der Waals surface area contributed by atoms with E-state index in [0.29, 0.717) is 10.3 Å². The first kappa shape index (κ1) is 19.1. The Hall–Kier alpha value is -1.24. The van der Waals surface area contributed by atoms with Gasteiger partial charge in [-0.1, -0.05) is 60.0 Å². The molecule has 0 saturated carbocycles. The third-order valence-corrected chi connectivity index (χ3v) is 6.13. The van der Waals surface area contributed by atoms with Gasteiger partial charge in [-0.3, -0.25) is 9.59 Å². The van der Waals surface area contributed by atoms with Gasteiger partial charge in [-0.15, -0.1) is 20.4 Å². The van der Waals surface area contributed by atoms with Gasteiger partial charge in [0.05, 0.1) is 0 Å². The summed E-state index contributed by atoms with van der Waals surface area (Å²) in [5, 5.41) is 21.9. The van der Waals surface area contributed by atoms with Gasteiger partial charge in [-0.05, 0) is 11.5 Å². The van der Waals surface area contributed by atoms with Crippen molar-refractivity contribution in [2.45, 2.75) is 35.4 Å². The average molecular weight is 405 g/mol. The first-order valence-electron chi connectivity index (χ1n) is 7.13. The van der Waals surface area contributed by atoms with Gasteiger partial charge in [-0.25, -0.2) is 0 Å². The van der Waals surface area contributed by atoms with Gasteiger partial charge in [0.1, 0.15) is 0 Å². The number of anilines is 2. The molecule has 2 N–H and O–H groups in total. The number of amides is 2. The van der Waals surface area contributed by atoms with Crippen LogP contribution in [0.25, 0.3) is 0 Å². The summed E-state index contributed by atoms with van der Waals surface area (Å²) in [5.74, 6) is 1.25. The first-order valence-corrected chi connectivity index (χ1v) is 10.7. The smallest absolute Gasteiger partial charge is 0.226 e. The minimum atomic E-state index is -0.270. The van der Waals surface area contributed by atoms with Crippen molar-refractivity contribution in [3.63, 3.8) is 0 Å². The van der Waals surface area contributed by atoms with Crippen LogP contribution in [0.5, 0.6) is 0 Å². The highest BCUT2D eigenvalue weighted by Gasteiger charge is 2.12. The van der Waals surface area contributed by atoms with Crippen LogP contribution in [0.3, 0.4) is 0 Å². The van der Waals surface area contributed by atoms with Gasteiger partial charge in [0, 0.05) is 12.8 Å².